The normalized spacial score (nSPS) is 11.0. The number of rotatable bonds is 10. The van der Waals surface area contributed by atoms with Gasteiger partial charge in [0.25, 0.3) is 0 Å². The van der Waals surface area contributed by atoms with Crippen molar-refractivity contribution in [2.45, 2.75) is 26.2 Å². The smallest absolute Gasteiger partial charge is 0.224 e. The van der Waals surface area contributed by atoms with Crippen LogP contribution < -0.4 is 20.1 Å². The molecule has 9 nitrogen and oxygen atoms in total. The lowest BCUT2D eigenvalue weighted by Crippen LogP contribution is -2.26. The molecule has 2 heterocycles. The molecule has 0 saturated carbocycles. The number of hydrogen-bond donors (Lipinski definition) is 2. The van der Waals surface area contributed by atoms with Gasteiger partial charge in [-0.25, -0.2) is 4.98 Å². The number of hydrogen-bond acceptors (Lipinski definition) is 7. The summed E-state index contributed by atoms with van der Waals surface area (Å²) in [6.07, 6.45) is 2.13. The number of carbonyl (C=O) groups excluding carboxylic acids is 1. The topological polar surface area (TPSA) is 103 Å². The molecule has 1 amide bonds. The quantitative estimate of drug-likeness (QED) is 0.359. The maximum absolute atomic E-state index is 12.1. The predicted molar refractivity (Wildman–Crippen MR) is 127 cm³/mol. The van der Waals surface area contributed by atoms with E-state index in [-0.39, 0.29) is 5.91 Å². The summed E-state index contributed by atoms with van der Waals surface area (Å²) < 4.78 is 12.8. The molecule has 2 aromatic heterocycles. The molecule has 0 unspecified atom stereocenters. The number of fused-ring (bicyclic) bond motifs is 3. The highest BCUT2D eigenvalue weighted by atomic mass is 16.5. The first-order chi connectivity index (χ1) is 16.1. The Hall–Kier alpha value is -3.88. The van der Waals surface area contributed by atoms with E-state index in [1.54, 1.807) is 14.2 Å². The van der Waals surface area contributed by atoms with Crippen molar-refractivity contribution in [1.82, 2.24) is 24.9 Å². The van der Waals surface area contributed by atoms with Crippen molar-refractivity contribution in [2.24, 2.45) is 0 Å². The van der Waals surface area contributed by atoms with Crippen LogP contribution in [0, 0.1) is 6.92 Å². The van der Waals surface area contributed by atoms with Gasteiger partial charge < -0.3 is 20.1 Å². The van der Waals surface area contributed by atoms with Crippen LogP contribution in [0.5, 0.6) is 11.5 Å². The van der Waals surface area contributed by atoms with E-state index in [2.05, 4.69) is 20.8 Å². The molecule has 0 spiro atoms. The lowest BCUT2D eigenvalue weighted by Gasteiger charge is -2.13. The van der Waals surface area contributed by atoms with Crippen molar-refractivity contribution in [2.75, 3.05) is 32.6 Å². The molecule has 2 aromatic carbocycles. The van der Waals surface area contributed by atoms with Crippen molar-refractivity contribution in [3.8, 4) is 11.5 Å². The van der Waals surface area contributed by atoms with Crippen LogP contribution in [0.25, 0.3) is 16.7 Å². The Balaban J connectivity index is 1.38. The maximum atomic E-state index is 12.1. The molecule has 172 valence electrons. The molecular formula is C24H28N6O3. The SMILES string of the molecule is COc1cc2nc(NCCCCNC(=O)Cc3ccccc3)c3nnc(C)n3c2cc1OC. The van der Waals surface area contributed by atoms with Crippen molar-refractivity contribution in [1.29, 1.82) is 0 Å². The van der Waals surface area contributed by atoms with E-state index in [1.165, 1.54) is 0 Å². The molecule has 0 radical (unpaired) electrons. The third-order valence-electron chi connectivity index (χ3n) is 5.42. The number of carbonyl (C=O) groups is 1. The molecule has 9 heteroatoms. The second-order valence-electron chi connectivity index (χ2n) is 7.71. The molecule has 0 aliphatic heterocycles. The molecule has 0 bridgehead atoms. The van der Waals surface area contributed by atoms with Gasteiger partial charge in [-0.05, 0) is 25.3 Å². The molecule has 0 fully saturated rings. The van der Waals surface area contributed by atoms with Gasteiger partial charge in [0.2, 0.25) is 11.6 Å². The van der Waals surface area contributed by atoms with Gasteiger partial charge in [0.1, 0.15) is 5.82 Å². The standard InChI is InChI=1S/C24H28N6O3/c1-16-28-29-24-23(27-18-14-20(32-2)21(33-3)15-19(18)30(16)24)26-12-8-7-11-25-22(31)13-17-9-5-4-6-10-17/h4-6,9-10,14-15H,7-8,11-13H2,1-3H3,(H,25,31)(H,26,27). The lowest BCUT2D eigenvalue weighted by atomic mass is 10.1. The summed E-state index contributed by atoms with van der Waals surface area (Å²) in [5.41, 5.74) is 3.26. The molecule has 0 aliphatic rings. The minimum atomic E-state index is 0.0374. The number of amides is 1. The number of unbranched alkanes of at least 4 members (excludes halogenated alkanes) is 1. The first-order valence-electron chi connectivity index (χ1n) is 10.9. The summed E-state index contributed by atoms with van der Waals surface area (Å²) in [5, 5.41) is 14.9. The van der Waals surface area contributed by atoms with Crippen LogP contribution in [-0.4, -0.2) is 52.8 Å². The highest BCUT2D eigenvalue weighted by Crippen LogP contribution is 2.33. The molecule has 2 N–H and O–H groups in total. The third kappa shape index (κ3) is 4.97. The van der Waals surface area contributed by atoms with E-state index in [0.29, 0.717) is 42.5 Å². The molecule has 33 heavy (non-hydrogen) atoms. The molecule has 4 aromatic rings. The van der Waals surface area contributed by atoms with Gasteiger partial charge in [-0.15, -0.1) is 10.2 Å². The summed E-state index contributed by atoms with van der Waals surface area (Å²) >= 11 is 0. The fraction of sp³-hybridized carbons (Fsp3) is 0.333. The summed E-state index contributed by atoms with van der Waals surface area (Å²) in [5.74, 6) is 2.68. The number of ether oxygens (including phenoxy) is 2. The van der Waals surface area contributed by atoms with Crippen LogP contribution in [0.3, 0.4) is 0 Å². The Kier molecular flexibility index (Phi) is 6.87. The van der Waals surface area contributed by atoms with E-state index in [1.807, 2.05) is 53.8 Å². The van der Waals surface area contributed by atoms with Crippen LogP contribution >= 0.6 is 0 Å². The van der Waals surface area contributed by atoms with Crippen LogP contribution in [0.4, 0.5) is 5.82 Å². The molecule has 4 rings (SSSR count). The van der Waals surface area contributed by atoms with Crippen molar-refractivity contribution < 1.29 is 14.3 Å². The second kappa shape index (κ2) is 10.2. The van der Waals surface area contributed by atoms with E-state index >= 15 is 0 Å². The van der Waals surface area contributed by atoms with Gasteiger partial charge in [-0.1, -0.05) is 30.3 Å². The molecular weight excluding hydrogens is 420 g/mol. The molecule has 0 atom stereocenters. The minimum Gasteiger partial charge on any atom is -0.493 e. The predicted octanol–water partition coefficient (Wildman–Crippen LogP) is 3.15. The van der Waals surface area contributed by atoms with Gasteiger partial charge in [0.15, 0.2) is 17.3 Å². The van der Waals surface area contributed by atoms with Crippen molar-refractivity contribution >= 4 is 28.4 Å². The number of methoxy groups -OCH3 is 2. The average molecular weight is 449 g/mol. The monoisotopic (exact) mass is 448 g/mol. The van der Waals surface area contributed by atoms with Crippen LogP contribution in [0.15, 0.2) is 42.5 Å². The number of benzene rings is 2. The largest absolute Gasteiger partial charge is 0.493 e. The van der Waals surface area contributed by atoms with Crippen molar-refractivity contribution in [3.05, 3.63) is 53.9 Å². The van der Waals surface area contributed by atoms with Crippen LogP contribution in [-0.2, 0) is 11.2 Å². The first kappa shape index (κ1) is 22.3. The second-order valence-corrected chi connectivity index (χ2v) is 7.71. The zero-order valence-corrected chi connectivity index (χ0v) is 19.1. The Labute approximate surface area is 192 Å². The Bertz CT molecular complexity index is 1260. The Morgan fingerprint density at radius 3 is 2.48 bits per heavy atom. The third-order valence-corrected chi connectivity index (χ3v) is 5.42. The zero-order valence-electron chi connectivity index (χ0n) is 19.1. The fourth-order valence-corrected chi connectivity index (χ4v) is 3.75. The molecule has 0 aliphatic carbocycles. The van der Waals surface area contributed by atoms with Gasteiger partial charge in [0.05, 0.1) is 31.7 Å². The summed E-state index contributed by atoms with van der Waals surface area (Å²) in [6, 6.07) is 13.5. The number of anilines is 1. The van der Waals surface area contributed by atoms with E-state index in [0.717, 1.165) is 35.3 Å². The lowest BCUT2D eigenvalue weighted by molar-refractivity contribution is -0.120. The Morgan fingerprint density at radius 1 is 1.00 bits per heavy atom. The minimum absolute atomic E-state index is 0.0374. The fourth-order valence-electron chi connectivity index (χ4n) is 3.75. The Morgan fingerprint density at radius 2 is 1.73 bits per heavy atom. The van der Waals surface area contributed by atoms with Gasteiger partial charge in [-0.3, -0.25) is 9.20 Å². The number of aryl methyl sites for hydroxylation is 1. The van der Waals surface area contributed by atoms with E-state index in [9.17, 15) is 4.79 Å². The number of aromatic nitrogens is 4. The highest BCUT2D eigenvalue weighted by Gasteiger charge is 2.16. The van der Waals surface area contributed by atoms with Gasteiger partial charge in [-0.2, -0.15) is 0 Å². The van der Waals surface area contributed by atoms with Gasteiger partial charge >= 0.3 is 0 Å². The number of nitrogens with one attached hydrogen (secondary N) is 2. The van der Waals surface area contributed by atoms with E-state index < -0.39 is 0 Å². The van der Waals surface area contributed by atoms with Crippen LogP contribution in [0.1, 0.15) is 24.2 Å². The van der Waals surface area contributed by atoms with E-state index in [4.69, 9.17) is 14.5 Å². The maximum Gasteiger partial charge on any atom is 0.224 e. The zero-order chi connectivity index (χ0) is 23.2. The van der Waals surface area contributed by atoms with Gasteiger partial charge in [0, 0.05) is 25.2 Å². The number of nitrogens with zero attached hydrogens (tertiary/aromatic N) is 4. The summed E-state index contributed by atoms with van der Waals surface area (Å²) in [4.78, 5) is 16.8. The first-order valence-corrected chi connectivity index (χ1v) is 10.9. The summed E-state index contributed by atoms with van der Waals surface area (Å²) in [7, 11) is 3.21. The van der Waals surface area contributed by atoms with Crippen LogP contribution in [0.2, 0.25) is 0 Å². The molecule has 0 saturated heterocycles. The summed E-state index contributed by atoms with van der Waals surface area (Å²) in [6.45, 7) is 3.23. The van der Waals surface area contributed by atoms with Crippen molar-refractivity contribution in [3.63, 3.8) is 0 Å². The average Bonchev–Trinajstić information content (AvgIpc) is 3.23. The highest BCUT2D eigenvalue weighted by molar-refractivity contribution is 5.86.